The van der Waals surface area contributed by atoms with E-state index in [0.717, 1.165) is 6.07 Å². The largest absolute Gasteiger partial charge is 0.475 e. The van der Waals surface area contributed by atoms with Crippen LogP contribution < -0.4 is 10.1 Å². The van der Waals surface area contributed by atoms with E-state index in [-0.39, 0.29) is 35.9 Å². The summed E-state index contributed by atoms with van der Waals surface area (Å²) < 4.78 is 47.5. The van der Waals surface area contributed by atoms with Crippen molar-refractivity contribution in [3.8, 4) is 5.88 Å². The Bertz CT molecular complexity index is 747. The highest BCUT2D eigenvalue weighted by atomic mass is 35.5. The van der Waals surface area contributed by atoms with E-state index in [1.165, 1.54) is 6.26 Å². The number of nitrogens with one attached hydrogen (secondary N) is 1. The van der Waals surface area contributed by atoms with E-state index in [0.29, 0.717) is 17.5 Å². The van der Waals surface area contributed by atoms with Crippen LogP contribution in [0.3, 0.4) is 0 Å². The summed E-state index contributed by atoms with van der Waals surface area (Å²) in [5, 5.41) is 6.09. The average Bonchev–Trinajstić information content (AvgIpc) is 3.01. The molecule has 25 heavy (non-hydrogen) atoms. The van der Waals surface area contributed by atoms with Gasteiger partial charge in [-0.15, -0.1) is 0 Å². The molecule has 0 aliphatic carbocycles. The third-order valence-electron chi connectivity index (χ3n) is 3.15. The molecule has 0 spiro atoms. The van der Waals surface area contributed by atoms with Gasteiger partial charge in [0.15, 0.2) is 0 Å². The molecule has 1 N–H and O–H groups in total. The molecule has 6 nitrogen and oxygen atoms in total. The number of carbonyl (C=O) groups is 1. The Hall–Kier alpha value is -2.29. The zero-order chi connectivity index (χ0) is 18.6. The first kappa shape index (κ1) is 19.0. The van der Waals surface area contributed by atoms with E-state index in [1.807, 2.05) is 13.8 Å². The van der Waals surface area contributed by atoms with Crippen LogP contribution in [0.2, 0.25) is 5.02 Å². The summed E-state index contributed by atoms with van der Waals surface area (Å²) in [6, 6.07) is 0.731. The van der Waals surface area contributed by atoms with Crippen molar-refractivity contribution in [2.24, 2.45) is 0 Å². The lowest BCUT2D eigenvalue weighted by atomic mass is 10.1. The Kier molecular flexibility index (Phi) is 5.89. The molecular weight excluding hydrogens is 363 g/mol. The summed E-state index contributed by atoms with van der Waals surface area (Å²) in [4.78, 5) is 15.6. The number of halogens is 4. The predicted octanol–water partition coefficient (Wildman–Crippen LogP) is 3.67. The number of pyridine rings is 1. The van der Waals surface area contributed by atoms with Gasteiger partial charge in [-0.05, 0) is 12.0 Å². The molecule has 2 rings (SSSR count). The van der Waals surface area contributed by atoms with Crippen LogP contribution in [0.15, 0.2) is 23.0 Å². The summed E-state index contributed by atoms with van der Waals surface area (Å²) in [5.41, 5.74) is -0.113. The smallest absolute Gasteiger partial charge is 0.417 e. The first-order valence-corrected chi connectivity index (χ1v) is 7.66. The minimum absolute atomic E-state index is 0.0194. The molecule has 0 bridgehead atoms. The van der Waals surface area contributed by atoms with Crippen molar-refractivity contribution in [1.29, 1.82) is 0 Å². The molecule has 1 amide bonds. The van der Waals surface area contributed by atoms with Crippen LogP contribution in [0.1, 0.15) is 41.4 Å². The first-order chi connectivity index (χ1) is 11.7. The maximum atomic E-state index is 12.5. The lowest BCUT2D eigenvalue weighted by Crippen LogP contribution is -2.28. The van der Waals surface area contributed by atoms with E-state index in [9.17, 15) is 18.0 Å². The fraction of sp³-hybridized carbons (Fsp3) is 0.400. The van der Waals surface area contributed by atoms with Crippen molar-refractivity contribution >= 4 is 17.5 Å². The van der Waals surface area contributed by atoms with E-state index >= 15 is 0 Å². The van der Waals surface area contributed by atoms with Gasteiger partial charge in [0.1, 0.15) is 23.5 Å². The summed E-state index contributed by atoms with van der Waals surface area (Å²) in [7, 11) is 0. The number of ether oxygens (including phenoxy) is 1. The van der Waals surface area contributed by atoms with Crippen molar-refractivity contribution in [3.05, 3.63) is 40.4 Å². The second kappa shape index (κ2) is 7.73. The Labute approximate surface area is 146 Å². The molecule has 10 heteroatoms. The van der Waals surface area contributed by atoms with Crippen molar-refractivity contribution in [2.45, 2.75) is 25.9 Å². The molecule has 2 aromatic heterocycles. The van der Waals surface area contributed by atoms with Crippen molar-refractivity contribution in [1.82, 2.24) is 15.5 Å². The van der Waals surface area contributed by atoms with Crippen molar-refractivity contribution in [2.75, 3.05) is 13.2 Å². The van der Waals surface area contributed by atoms with Crippen LogP contribution in [0.25, 0.3) is 0 Å². The average molecular weight is 378 g/mol. The number of alkyl halides is 3. The van der Waals surface area contributed by atoms with Gasteiger partial charge in [0.25, 0.3) is 5.91 Å². The molecule has 0 aromatic carbocycles. The predicted molar refractivity (Wildman–Crippen MR) is 82.7 cm³/mol. The van der Waals surface area contributed by atoms with E-state index < -0.39 is 11.7 Å². The highest BCUT2D eigenvalue weighted by Crippen LogP contribution is 2.33. The quantitative estimate of drug-likeness (QED) is 0.777. The van der Waals surface area contributed by atoms with Crippen molar-refractivity contribution in [3.63, 3.8) is 0 Å². The van der Waals surface area contributed by atoms with Crippen molar-refractivity contribution < 1.29 is 27.2 Å². The number of aromatic nitrogens is 2. The SMILES string of the molecule is CC(C)c1nocc1C(=O)NCCOc1ncc(C(F)(F)F)cc1Cl. The lowest BCUT2D eigenvalue weighted by Gasteiger charge is -2.11. The van der Waals surface area contributed by atoms with Gasteiger partial charge in [0.05, 0.1) is 17.8 Å². The summed E-state index contributed by atoms with van der Waals surface area (Å²) in [6.45, 7) is 3.82. The van der Waals surface area contributed by atoms with Crippen LogP contribution in [0.4, 0.5) is 13.2 Å². The monoisotopic (exact) mass is 377 g/mol. The molecule has 136 valence electrons. The molecule has 0 fully saturated rings. The van der Waals surface area contributed by atoms with Gasteiger partial charge in [0, 0.05) is 6.20 Å². The van der Waals surface area contributed by atoms with Gasteiger partial charge < -0.3 is 14.6 Å². The number of hydrogen-bond acceptors (Lipinski definition) is 5. The Morgan fingerprint density at radius 1 is 1.44 bits per heavy atom. The second-order valence-corrected chi connectivity index (χ2v) is 5.79. The van der Waals surface area contributed by atoms with Crippen LogP contribution in [0, 0.1) is 0 Å². The number of nitrogens with zero attached hydrogens (tertiary/aromatic N) is 2. The third-order valence-corrected chi connectivity index (χ3v) is 3.42. The first-order valence-electron chi connectivity index (χ1n) is 7.28. The third kappa shape index (κ3) is 4.85. The molecule has 0 saturated heterocycles. The van der Waals surface area contributed by atoms with Gasteiger partial charge in [-0.3, -0.25) is 4.79 Å². The lowest BCUT2D eigenvalue weighted by molar-refractivity contribution is -0.137. The Balaban J connectivity index is 1.87. The molecule has 0 radical (unpaired) electrons. The Morgan fingerprint density at radius 2 is 2.16 bits per heavy atom. The maximum absolute atomic E-state index is 12.5. The number of hydrogen-bond donors (Lipinski definition) is 1. The summed E-state index contributed by atoms with van der Waals surface area (Å²) in [6.07, 6.45) is -2.65. The molecule has 2 heterocycles. The van der Waals surface area contributed by atoms with Gasteiger partial charge in [-0.2, -0.15) is 13.2 Å². The molecule has 0 saturated carbocycles. The van der Waals surface area contributed by atoms with E-state index in [4.69, 9.17) is 20.9 Å². The molecule has 2 aromatic rings. The topological polar surface area (TPSA) is 77.2 Å². The zero-order valence-electron chi connectivity index (χ0n) is 13.4. The fourth-order valence-corrected chi connectivity index (χ4v) is 2.15. The van der Waals surface area contributed by atoms with Gasteiger partial charge in [0.2, 0.25) is 5.88 Å². The Morgan fingerprint density at radius 3 is 2.76 bits per heavy atom. The minimum Gasteiger partial charge on any atom is -0.475 e. The zero-order valence-corrected chi connectivity index (χ0v) is 14.1. The second-order valence-electron chi connectivity index (χ2n) is 5.38. The molecule has 0 atom stereocenters. The van der Waals surface area contributed by atoms with Gasteiger partial charge >= 0.3 is 6.18 Å². The highest BCUT2D eigenvalue weighted by Gasteiger charge is 2.31. The number of amides is 1. The van der Waals surface area contributed by atoms with Crippen LogP contribution in [-0.2, 0) is 6.18 Å². The molecule has 0 aliphatic rings. The number of rotatable bonds is 6. The van der Waals surface area contributed by atoms with E-state index in [2.05, 4.69) is 15.5 Å². The molecule has 0 aliphatic heterocycles. The summed E-state index contributed by atoms with van der Waals surface area (Å²) >= 11 is 5.72. The summed E-state index contributed by atoms with van der Waals surface area (Å²) in [5.74, 6) is -0.511. The van der Waals surface area contributed by atoms with Crippen LogP contribution in [0.5, 0.6) is 5.88 Å². The van der Waals surface area contributed by atoms with Gasteiger partial charge in [-0.25, -0.2) is 4.98 Å². The van der Waals surface area contributed by atoms with E-state index in [1.54, 1.807) is 0 Å². The maximum Gasteiger partial charge on any atom is 0.417 e. The number of carbonyl (C=O) groups excluding carboxylic acids is 1. The minimum atomic E-state index is -4.53. The molecular formula is C15H15ClF3N3O3. The fourth-order valence-electron chi connectivity index (χ4n) is 1.93. The van der Waals surface area contributed by atoms with Gasteiger partial charge in [-0.1, -0.05) is 30.6 Å². The normalized spacial score (nSPS) is 11.6. The highest BCUT2D eigenvalue weighted by molar-refractivity contribution is 6.31. The standard InChI is InChI=1S/C15H15ClF3N3O3/c1-8(2)12-10(7-25-22-12)13(23)20-3-4-24-14-11(16)5-9(6-21-14)15(17,18)19/h5-8H,3-4H2,1-2H3,(H,20,23). The van der Waals surface area contributed by atoms with Crippen LogP contribution in [-0.4, -0.2) is 29.2 Å². The molecule has 0 unspecified atom stereocenters. The van der Waals surface area contributed by atoms with Crippen LogP contribution >= 0.6 is 11.6 Å².